The maximum atomic E-state index is 13.6. The van der Waals surface area contributed by atoms with Crippen LogP contribution in [0.2, 0.25) is 0 Å². The number of aromatic amines is 1. The highest BCUT2D eigenvalue weighted by atomic mass is 32.2. The molecule has 8 heteroatoms. The van der Waals surface area contributed by atoms with Crippen LogP contribution in [0.3, 0.4) is 0 Å². The Labute approximate surface area is 189 Å². The zero-order valence-electron chi connectivity index (χ0n) is 17.5. The number of aromatic nitrogens is 1. The van der Waals surface area contributed by atoms with Gasteiger partial charge in [0, 0.05) is 29.2 Å². The smallest absolute Gasteiger partial charge is 0.361 e. The van der Waals surface area contributed by atoms with Crippen LogP contribution >= 0.6 is 0 Å². The highest BCUT2D eigenvalue weighted by Crippen LogP contribution is 2.40. The molecule has 0 fully saturated rings. The van der Waals surface area contributed by atoms with Gasteiger partial charge in [0.05, 0.1) is 17.4 Å². The number of rotatable bonds is 4. The van der Waals surface area contributed by atoms with E-state index in [2.05, 4.69) is 4.98 Å². The van der Waals surface area contributed by atoms with Gasteiger partial charge in [0.25, 0.3) is 0 Å². The van der Waals surface area contributed by atoms with Crippen molar-refractivity contribution in [2.45, 2.75) is 24.4 Å². The minimum atomic E-state index is -4.46. The van der Waals surface area contributed by atoms with Crippen LogP contribution < -0.4 is 0 Å². The largest absolute Gasteiger partial charge is 0.416 e. The molecule has 4 aromatic rings. The first-order chi connectivity index (χ1) is 15.7. The van der Waals surface area contributed by atoms with Gasteiger partial charge in [-0.2, -0.15) is 17.5 Å². The molecule has 3 aromatic carbocycles. The second-order valence-corrected chi connectivity index (χ2v) is 10.1. The molecule has 1 atom stereocenters. The Hall–Kier alpha value is -3.10. The molecule has 0 spiro atoms. The van der Waals surface area contributed by atoms with Crippen LogP contribution in [0.25, 0.3) is 10.9 Å². The Bertz CT molecular complexity index is 1410. The van der Waals surface area contributed by atoms with Crippen LogP contribution in [0, 0.1) is 0 Å². The van der Waals surface area contributed by atoms with Gasteiger partial charge in [0.2, 0.25) is 10.0 Å². The summed E-state index contributed by atoms with van der Waals surface area (Å²) in [5.74, 6) is -0.369. The molecule has 0 unspecified atom stereocenters. The lowest BCUT2D eigenvalue weighted by Crippen LogP contribution is -2.41. The maximum absolute atomic E-state index is 13.6. The molecule has 0 amide bonds. The fraction of sp³-hybridized carbons (Fsp3) is 0.200. The van der Waals surface area contributed by atoms with E-state index >= 15 is 0 Å². The number of benzene rings is 3. The van der Waals surface area contributed by atoms with Crippen molar-refractivity contribution in [3.8, 4) is 0 Å². The van der Waals surface area contributed by atoms with E-state index in [1.54, 1.807) is 0 Å². The van der Waals surface area contributed by atoms with Crippen LogP contribution in [0.4, 0.5) is 13.2 Å². The number of nitrogens with zero attached hydrogens (tertiary/aromatic N) is 1. The van der Waals surface area contributed by atoms with Crippen LogP contribution in [0.15, 0.2) is 79.0 Å². The first-order valence-corrected chi connectivity index (χ1v) is 12.1. The second-order valence-electron chi connectivity index (χ2n) is 8.20. The van der Waals surface area contributed by atoms with Gasteiger partial charge in [-0.25, -0.2) is 8.42 Å². The molecule has 33 heavy (non-hydrogen) atoms. The van der Waals surface area contributed by atoms with Gasteiger partial charge < -0.3 is 4.98 Å². The predicted molar refractivity (Wildman–Crippen MR) is 121 cm³/mol. The van der Waals surface area contributed by atoms with E-state index in [0.29, 0.717) is 18.5 Å². The highest BCUT2D eigenvalue weighted by molar-refractivity contribution is 7.88. The molecule has 0 saturated heterocycles. The molecule has 1 N–H and O–H groups in total. The molecule has 0 saturated carbocycles. The summed E-state index contributed by atoms with van der Waals surface area (Å²) in [7, 11) is -3.83. The summed E-state index contributed by atoms with van der Waals surface area (Å²) < 4.78 is 67.3. The molecule has 5 rings (SSSR count). The van der Waals surface area contributed by atoms with Crippen LogP contribution in [0.5, 0.6) is 0 Å². The Kier molecular flexibility index (Phi) is 5.29. The third kappa shape index (κ3) is 4.05. The average Bonchev–Trinajstić information content (AvgIpc) is 3.21. The molecule has 0 bridgehead atoms. The summed E-state index contributed by atoms with van der Waals surface area (Å²) in [6.07, 6.45) is -2.05. The van der Waals surface area contributed by atoms with E-state index in [9.17, 15) is 21.6 Å². The zero-order chi connectivity index (χ0) is 23.2. The summed E-state index contributed by atoms with van der Waals surface area (Å²) in [4.78, 5) is 3.23. The first-order valence-electron chi connectivity index (χ1n) is 10.5. The molecular formula is C25H21F3N2O2S. The van der Waals surface area contributed by atoms with Gasteiger partial charge >= 0.3 is 6.18 Å². The van der Waals surface area contributed by atoms with Crippen LogP contribution in [-0.2, 0) is 28.4 Å². The summed E-state index contributed by atoms with van der Waals surface area (Å²) in [6, 6.07) is 19.3. The minimum absolute atomic E-state index is 0.296. The number of sulfonamides is 1. The number of fused-ring (bicyclic) bond motifs is 2. The van der Waals surface area contributed by atoms with Crippen molar-refractivity contribution in [1.82, 2.24) is 9.29 Å². The van der Waals surface area contributed by atoms with E-state index in [0.717, 1.165) is 39.7 Å². The minimum Gasteiger partial charge on any atom is -0.361 e. The summed E-state index contributed by atoms with van der Waals surface area (Å²) in [5.41, 5.74) is 3.30. The lowest BCUT2D eigenvalue weighted by Gasteiger charge is -2.36. The van der Waals surface area contributed by atoms with Gasteiger partial charge in [0.15, 0.2) is 0 Å². The molecule has 1 aliphatic rings. The molecule has 1 aliphatic heterocycles. The number of nitrogens with one attached hydrogen (secondary N) is 1. The Morgan fingerprint density at radius 2 is 1.61 bits per heavy atom. The number of para-hydroxylation sites is 1. The second kappa shape index (κ2) is 8.04. The third-order valence-corrected chi connectivity index (χ3v) is 7.95. The SMILES string of the molecule is O=S(=O)(Cc1ccc(C(F)(F)F)cc1)N1CCc2ccccc2[C@H]1c1c[nH]c2ccccc12. The number of alkyl halides is 3. The quantitative estimate of drug-likeness (QED) is 0.418. The molecular weight excluding hydrogens is 449 g/mol. The van der Waals surface area contributed by atoms with Crippen molar-refractivity contribution in [3.63, 3.8) is 0 Å². The van der Waals surface area contributed by atoms with E-state index in [4.69, 9.17) is 0 Å². The van der Waals surface area contributed by atoms with Gasteiger partial charge in [-0.3, -0.25) is 0 Å². The highest BCUT2D eigenvalue weighted by Gasteiger charge is 2.37. The van der Waals surface area contributed by atoms with Crippen molar-refractivity contribution in [2.24, 2.45) is 0 Å². The molecule has 4 nitrogen and oxygen atoms in total. The van der Waals surface area contributed by atoms with Crippen molar-refractivity contribution in [1.29, 1.82) is 0 Å². The topological polar surface area (TPSA) is 53.2 Å². The summed E-state index contributed by atoms with van der Waals surface area (Å²) in [5, 5.41) is 0.939. The standard InChI is InChI=1S/C25H21F3N2O2S/c26-25(27,28)19-11-9-17(10-12-19)16-33(31,32)30-14-13-18-5-1-2-6-20(18)24(30)22-15-29-23-8-4-3-7-21(22)23/h1-12,15,24,29H,13-14,16H2/t24-/m0/s1. The lowest BCUT2D eigenvalue weighted by atomic mass is 9.90. The third-order valence-electron chi connectivity index (χ3n) is 6.14. The molecule has 0 radical (unpaired) electrons. The summed E-state index contributed by atoms with van der Waals surface area (Å²) in [6.45, 7) is 0.296. The Morgan fingerprint density at radius 3 is 2.36 bits per heavy atom. The number of hydrogen-bond acceptors (Lipinski definition) is 2. The van der Waals surface area contributed by atoms with Crippen molar-refractivity contribution in [3.05, 3.63) is 107 Å². The normalized spacial score (nSPS) is 17.2. The summed E-state index contributed by atoms with van der Waals surface area (Å²) >= 11 is 0. The number of halogens is 3. The molecule has 1 aromatic heterocycles. The van der Waals surface area contributed by atoms with Gasteiger partial charge in [-0.15, -0.1) is 0 Å². The Morgan fingerprint density at radius 1 is 0.909 bits per heavy atom. The number of hydrogen-bond donors (Lipinski definition) is 1. The van der Waals surface area contributed by atoms with E-state index in [1.165, 1.54) is 16.4 Å². The fourth-order valence-electron chi connectivity index (χ4n) is 4.57. The molecule has 170 valence electrons. The maximum Gasteiger partial charge on any atom is 0.416 e. The van der Waals surface area contributed by atoms with Crippen molar-refractivity contribution < 1.29 is 21.6 Å². The fourth-order valence-corrected chi connectivity index (χ4v) is 6.27. The van der Waals surface area contributed by atoms with Gasteiger partial charge in [0.1, 0.15) is 0 Å². The average molecular weight is 471 g/mol. The predicted octanol–water partition coefficient (Wildman–Crippen LogP) is 5.66. The van der Waals surface area contributed by atoms with Crippen LogP contribution in [0.1, 0.15) is 33.9 Å². The monoisotopic (exact) mass is 470 g/mol. The zero-order valence-corrected chi connectivity index (χ0v) is 18.3. The molecule has 2 heterocycles. The number of H-pyrrole nitrogens is 1. The van der Waals surface area contributed by atoms with Crippen molar-refractivity contribution >= 4 is 20.9 Å². The molecule has 0 aliphatic carbocycles. The van der Waals surface area contributed by atoms with E-state index in [-0.39, 0.29) is 5.75 Å². The Balaban J connectivity index is 1.55. The van der Waals surface area contributed by atoms with E-state index in [1.807, 2.05) is 54.7 Å². The van der Waals surface area contributed by atoms with Crippen molar-refractivity contribution in [2.75, 3.05) is 6.54 Å². The lowest BCUT2D eigenvalue weighted by molar-refractivity contribution is -0.137. The van der Waals surface area contributed by atoms with Gasteiger partial charge in [-0.1, -0.05) is 54.6 Å². The van der Waals surface area contributed by atoms with Gasteiger partial charge in [-0.05, 0) is 41.3 Å². The van der Waals surface area contributed by atoms with E-state index < -0.39 is 27.8 Å². The first kappa shape index (κ1) is 21.7. The van der Waals surface area contributed by atoms with Crippen LogP contribution in [-0.4, -0.2) is 24.3 Å².